The van der Waals surface area contributed by atoms with E-state index in [0.29, 0.717) is 20.3 Å². The van der Waals surface area contributed by atoms with E-state index in [1.807, 2.05) is 35.7 Å². The van der Waals surface area contributed by atoms with Gasteiger partial charge >= 0.3 is 5.97 Å². The molecule has 0 aliphatic heterocycles. The highest BCUT2D eigenvalue weighted by Crippen LogP contribution is 2.40. The predicted octanol–water partition coefficient (Wildman–Crippen LogP) is 3.99. The van der Waals surface area contributed by atoms with Gasteiger partial charge in [0.2, 0.25) is 5.91 Å². The molecule has 0 atom stereocenters. The second-order valence-electron chi connectivity index (χ2n) is 4.84. The molecule has 0 unspecified atom stereocenters. The van der Waals surface area contributed by atoms with Crippen LogP contribution < -0.4 is 5.32 Å². The second kappa shape index (κ2) is 8.52. The van der Waals surface area contributed by atoms with Gasteiger partial charge in [-0.05, 0) is 36.7 Å². The molecule has 5 nitrogen and oxygen atoms in total. The Morgan fingerprint density at radius 1 is 1.33 bits per heavy atom. The number of carbonyl (C=O) groups excluding carboxylic acids is 2. The van der Waals surface area contributed by atoms with Gasteiger partial charge in [0.1, 0.15) is 15.3 Å². The number of amides is 1. The molecule has 1 N–H and O–H groups in total. The lowest BCUT2D eigenvalue weighted by atomic mass is 10.1. The van der Waals surface area contributed by atoms with Crippen LogP contribution in [0.5, 0.6) is 0 Å². The lowest BCUT2D eigenvalue weighted by Crippen LogP contribution is -2.13. The zero-order valence-corrected chi connectivity index (χ0v) is 14.9. The molecule has 1 amide bonds. The van der Waals surface area contributed by atoms with E-state index in [0.717, 1.165) is 28.7 Å². The summed E-state index contributed by atoms with van der Waals surface area (Å²) < 4.78 is 5.02. The molecule has 2 aromatic rings. The van der Waals surface area contributed by atoms with Gasteiger partial charge in [-0.3, -0.25) is 4.79 Å². The van der Waals surface area contributed by atoms with Crippen molar-refractivity contribution in [1.82, 2.24) is 0 Å². The van der Waals surface area contributed by atoms with Crippen LogP contribution in [-0.2, 0) is 16.0 Å². The maximum atomic E-state index is 12.2. The highest BCUT2D eigenvalue weighted by Gasteiger charge is 2.22. The number of esters is 1. The molecule has 0 bridgehead atoms. The van der Waals surface area contributed by atoms with Gasteiger partial charge in [-0.2, -0.15) is 5.26 Å². The quantitative estimate of drug-likeness (QED) is 0.479. The van der Waals surface area contributed by atoms with Crippen molar-refractivity contribution < 1.29 is 14.3 Å². The molecule has 0 aliphatic carbocycles. The summed E-state index contributed by atoms with van der Waals surface area (Å²) in [5, 5.41) is 14.3. The molecule has 0 aliphatic rings. The van der Waals surface area contributed by atoms with E-state index >= 15 is 0 Å². The molecule has 1 heterocycles. The van der Waals surface area contributed by atoms with Crippen molar-refractivity contribution in [3.63, 3.8) is 0 Å². The molecular formula is C17H16N2O3S2. The van der Waals surface area contributed by atoms with Crippen LogP contribution in [0.25, 0.3) is 0 Å². The molecule has 0 radical (unpaired) electrons. The molecule has 24 heavy (non-hydrogen) atoms. The number of anilines is 1. The lowest BCUT2D eigenvalue weighted by Gasteiger charge is -2.04. The average molecular weight is 360 g/mol. The Morgan fingerprint density at radius 3 is 2.67 bits per heavy atom. The first-order valence-electron chi connectivity index (χ1n) is 7.27. The van der Waals surface area contributed by atoms with Gasteiger partial charge in [0, 0.05) is 0 Å². The number of nitriles is 1. The summed E-state index contributed by atoms with van der Waals surface area (Å²) in [6.45, 7) is 3.75. The van der Waals surface area contributed by atoms with E-state index in [2.05, 4.69) is 5.32 Å². The molecule has 124 valence electrons. The van der Waals surface area contributed by atoms with Crippen LogP contribution in [0.4, 0.5) is 5.00 Å². The number of benzene rings is 1. The summed E-state index contributed by atoms with van der Waals surface area (Å²) in [5.41, 5.74) is 1.54. The summed E-state index contributed by atoms with van der Waals surface area (Å²) in [6.07, 6.45) is 0.225. The zero-order chi connectivity index (χ0) is 17.5. The topological polar surface area (TPSA) is 79.2 Å². The number of hydrogen-bond donors (Lipinski definition) is 1. The molecule has 0 fully saturated rings. The highest BCUT2D eigenvalue weighted by molar-refractivity contribution is 8.04. The Morgan fingerprint density at radius 2 is 2.04 bits per heavy atom. The van der Waals surface area contributed by atoms with Gasteiger partial charge < -0.3 is 10.1 Å². The van der Waals surface area contributed by atoms with Crippen LogP contribution >= 0.6 is 23.1 Å². The third kappa shape index (κ3) is 4.37. The Balaban J connectivity index is 2.22. The van der Waals surface area contributed by atoms with Gasteiger partial charge in [-0.25, -0.2) is 4.79 Å². The summed E-state index contributed by atoms with van der Waals surface area (Å²) in [7, 11) is 0. The van der Waals surface area contributed by atoms with Gasteiger partial charge in [0.25, 0.3) is 0 Å². The van der Waals surface area contributed by atoms with Crippen molar-refractivity contribution in [2.75, 3.05) is 11.9 Å². The summed E-state index contributed by atoms with van der Waals surface area (Å²) in [4.78, 5) is 25.2. The fraction of sp³-hybridized carbons (Fsp3) is 0.235. The summed E-state index contributed by atoms with van der Waals surface area (Å²) >= 11 is 2.06. The van der Waals surface area contributed by atoms with E-state index in [1.54, 1.807) is 13.8 Å². The third-order valence-corrected chi connectivity index (χ3v) is 5.28. The largest absolute Gasteiger partial charge is 0.462 e. The van der Waals surface area contributed by atoms with Gasteiger partial charge in [0.15, 0.2) is 0 Å². The normalized spacial score (nSPS) is 10.0. The zero-order valence-electron chi connectivity index (χ0n) is 13.3. The monoisotopic (exact) mass is 360 g/mol. The number of ether oxygens (including phenoxy) is 1. The van der Waals surface area contributed by atoms with E-state index in [1.165, 1.54) is 0 Å². The van der Waals surface area contributed by atoms with Crippen molar-refractivity contribution in [2.45, 2.75) is 25.2 Å². The molecule has 2 rings (SSSR count). The highest BCUT2D eigenvalue weighted by atomic mass is 32.2. The lowest BCUT2D eigenvalue weighted by molar-refractivity contribution is -0.115. The number of rotatable bonds is 6. The molecular weight excluding hydrogens is 344 g/mol. The van der Waals surface area contributed by atoms with Crippen molar-refractivity contribution >= 4 is 40.0 Å². The molecule has 0 spiro atoms. The van der Waals surface area contributed by atoms with E-state index < -0.39 is 5.97 Å². The van der Waals surface area contributed by atoms with Crippen molar-refractivity contribution in [1.29, 1.82) is 5.26 Å². The van der Waals surface area contributed by atoms with Gasteiger partial charge in [-0.15, -0.1) is 11.3 Å². The number of thiocyanates is 1. The summed E-state index contributed by atoms with van der Waals surface area (Å²) in [5.74, 6) is -0.638. The standard InChI is InChI=1S/C17H16N2O3S2/c1-3-22-17(21)15-11(2)14(23-10-18)16(24-15)19-13(20)9-12-7-5-4-6-8-12/h4-8H,3,9H2,1-2H3,(H,19,20). The Hall–Kier alpha value is -2.30. The Labute approximate surface area is 148 Å². The van der Waals surface area contributed by atoms with Crippen LogP contribution in [0.15, 0.2) is 35.2 Å². The number of thioether (sulfide) groups is 1. The number of nitrogens with one attached hydrogen (secondary N) is 1. The van der Waals surface area contributed by atoms with E-state index in [9.17, 15) is 9.59 Å². The minimum absolute atomic E-state index is 0.197. The molecule has 0 saturated heterocycles. The minimum atomic E-state index is -0.441. The smallest absolute Gasteiger partial charge is 0.348 e. The van der Waals surface area contributed by atoms with Gasteiger partial charge in [-0.1, -0.05) is 30.3 Å². The van der Waals surface area contributed by atoms with Crippen molar-refractivity contribution in [3.05, 3.63) is 46.3 Å². The SMILES string of the molecule is CCOC(=O)c1sc(NC(=O)Cc2ccccc2)c(SC#N)c1C. The van der Waals surface area contributed by atoms with E-state index in [4.69, 9.17) is 10.00 Å². The van der Waals surface area contributed by atoms with Crippen LogP contribution in [0.2, 0.25) is 0 Å². The average Bonchev–Trinajstić information content (AvgIpc) is 2.86. The number of nitrogens with zero attached hydrogens (tertiary/aromatic N) is 1. The molecule has 7 heteroatoms. The molecule has 1 aromatic carbocycles. The fourth-order valence-electron chi connectivity index (χ4n) is 2.09. The maximum Gasteiger partial charge on any atom is 0.348 e. The van der Waals surface area contributed by atoms with Crippen molar-refractivity contribution in [2.24, 2.45) is 0 Å². The second-order valence-corrected chi connectivity index (χ2v) is 6.65. The number of carbonyl (C=O) groups is 2. The van der Waals surface area contributed by atoms with Gasteiger partial charge in [0.05, 0.1) is 17.9 Å². The molecule has 0 saturated carbocycles. The van der Waals surface area contributed by atoms with Crippen LogP contribution in [0.1, 0.15) is 27.7 Å². The van der Waals surface area contributed by atoms with E-state index in [-0.39, 0.29) is 18.9 Å². The first-order valence-corrected chi connectivity index (χ1v) is 8.90. The fourth-order valence-corrected chi connectivity index (χ4v) is 3.91. The Kier molecular flexibility index (Phi) is 6.41. The summed E-state index contributed by atoms with van der Waals surface area (Å²) in [6, 6.07) is 9.36. The first kappa shape index (κ1) is 18.0. The number of thiophene rings is 1. The van der Waals surface area contributed by atoms with Crippen molar-refractivity contribution in [3.8, 4) is 5.40 Å². The minimum Gasteiger partial charge on any atom is -0.462 e. The Bertz CT molecular complexity index is 779. The molecule has 1 aromatic heterocycles. The van der Waals surface area contributed by atoms with Crippen LogP contribution in [0.3, 0.4) is 0 Å². The maximum absolute atomic E-state index is 12.2. The van der Waals surface area contributed by atoms with Crippen LogP contribution in [-0.4, -0.2) is 18.5 Å². The first-order chi connectivity index (χ1) is 11.6. The third-order valence-electron chi connectivity index (χ3n) is 3.16. The van der Waals surface area contributed by atoms with Crippen LogP contribution in [0, 0.1) is 17.6 Å². The number of hydrogen-bond acceptors (Lipinski definition) is 6. The predicted molar refractivity (Wildman–Crippen MR) is 95.3 cm³/mol.